The van der Waals surface area contributed by atoms with Crippen LogP contribution in [0.2, 0.25) is 0 Å². The molecule has 0 aliphatic carbocycles. The second-order valence-corrected chi connectivity index (χ2v) is 5.18. The molecule has 0 aromatic heterocycles. The zero-order valence-electron chi connectivity index (χ0n) is 14.4. The van der Waals surface area contributed by atoms with Crippen LogP contribution in [0.5, 0.6) is 0 Å². The number of aliphatic imine (C=N–C) groups is 1. The van der Waals surface area contributed by atoms with Gasteiger partial charge in [0.05, 0.1) is 0 Å². The van der Waals surface area contributed by atoms with Crippen LogP contribution in [0.25, 0.3) is 0 Å². The summed E-state index contributed by atoms with van der Waals surface area (Å²) in [5.74, 6) is 0.629. The highest BCUT2D eigenvalue weighted by atomic mass is 127. The molecular formula is C17H30FIN4. The van der Waals surface area contributed by atoms with Crippen molar-refractivity contribution in [2.45, 2.75) is 26.7 Å². The Hall–Kier alpha value is -0.890. The van der Waals surface area contributed by atoms with Gasteiger partial charge in [-0.05, 0) is 50.2 Å². The van der Waals surface area contributed by atoms with Crippen LogP contribution in [0.3, 0.4) is 0 Å². The molecule has 4 nitrogen and oxygen atoms in total. The molecule has 0 aliphatic rings. The van der Waals surface area contributed by atoms with Gasteiger partial charge in [0.25, 0.3) is 0 Å². The maximum absolute atomic E-state index is 12.8. The van der Waals surface area contributed by atoms with E-state index in [1.165, 1.54) is 12.1 Å². The summed E-state index contributed by atoms with van der Waals surface area (Å²) >= 11 is 0. The summed E-state index contributed by atoms with van der Waals surface area (Å²) in [7, 11) is 1.78. The van der Waals surface area contributed by atoms with E-state index in [1.807, 2.05) is 12.1 Å². The number of guanidine groups is 1. The van der Waals surface area contributed by atoms with Gasteiger partial charge in [-0.3, -0.25) is 4.99 Å². The van der Waals surface area contributed by atoms with Gasteiger partial charge in [-0.25, -0.2) is 4.39 Å². The molecular weight excluding hydrogens is 406 g/mol. The van der Waals surface area contributed by atoms with Gasteiger partial charge in [-0.15, -0.1) is 24.0 Å². The van der Waals surface area contributed by atoms with Gasteiger partial charge in [0.2, 0.25) is 0 Å². The number of benzene rings is 1. The molecule has 0 heterocycles. The van der Waals surface area contributed by atoms with Crippen molar-refractivity contribution in [3.8, 4) is 0 Å². The van der Waals surface area contributed by atoms with Crippen molar-refractivity contribution >= 4 is 29.9 Å². The number of nitrogens with zero attached hydrogens (tertiary/aromatic N) is 2. The molecule has 0 bridgehead atoms. The highest BCUT2D eigenvalue weighted by Crippen LogP contribution is 2.02. The highest BCUT2D eigenvalue weighted by molar-refractivity contribution is 14.0. The first-order valence-electron chi connectivity index (χ1n) is 8.10. The third-order valence-electron chi connectivity index (χ3n) is 3.68. The first-order chi connectivity index (χ1) is 10.7. The number of nitrogens with one attached hydrogen (secondary N) is 2. The maximum Gasteiger partial charge on any atom is 0.190 e. The zero-order chi connectivity index (χ0) is 16.2. The van der Waals surface area contributed by atoms with Crippen LogP contribution in [-0.4, -0.2) is 50.6 Å². The molecule has 132 valence electrons. The monoisotopic (exact) mass is 436 g/mol. The van der Waals surface area contributed by atoms with Crippen LogP contribution >= 0.6 is 24.0 Å². The van der Waals surface area contributed by atoms with Crippen molar-refractivity contribution in [2.24, 2.45) is 4.99 Å². The fourth-order valence-electron chi connectivity index (χ4n) is 2.25. The van der Waals surface area contributed by atoms with E-state index in [-0.39, 0.29) is 29.8 Å². The average molecular weight is 436 g/mol. The molecule has 1 rings (SSSR count). The Labute approximate surface area is 157 Å². The molecule has 0 spiro atoms. The van der Waals surface area contributed by atoms with Crippen molar-refractivity contribution in [2.75, 3.05) is 39.8 Å². The van der Waals surface area contributed by atoms with Crippen molar-refractivity contribution in [1.29, 1.82) is 0 Å². The predicted octanol–water partition coefficient (Wildman–Crippen LogP) is 2.88. The van der Waals surface area contributed by atoms with Crippen molar-refractivity contribution < 1.29 is 4.39 Å². The van der Waals surface area contributed by atoms with E-state index in [4.69, 9.17) is 0 Å². The maximum atomic E-state index is 12.8. The summed E-state index contributed by atoms with van der Waals surface area (Å²) in [5.41, 5.74) is 1.12. The van der Waals surface area contributed by atoms with Crippen LogP contribution in [0.4, 0.5) is 4.39 Å². The molecule has 6 heteroatoms. The van der Waals surface area contributed by atoms with E-state index in [1.54, 1.807) is 7.05 Å². The van der Waals surface area contributed by atoms with Gasteiger partial charge < -0.3 is 15.5 Å². The van der Waals surface area contributed by atoms with Crippen molar-refractivity contribution in [3.05, 3.63) is 35.6 Å². The SMILES string of the molecule is CCN(CC)CCCNC(=NC)NCCc1ccc(F)cc1.I. The molecule has 0 fully saturated rings. The third-order valence-corrected chi connectivity index (χ3v) is 3.68. The average Bonchev–Trinajstić information content (AvgIpc) is 2.55. The van der Waals surface area contributed by atoms with E-state index in [2.05, 4.69) is 34.4 Å². The van der Waals surface area contributed by atoms with Gasteiger partial charge in [0.15, 0.2) is 5.96 Å². The number of rotatable bonds is 9. The Kier molecular flexibility index (Phi) is 13.0. The molecule has 0 unspecified atom stereocenters. The predicted molar refractivity (Wildman–Crippen MR) is 107 cm³/mol. The molecule has 0 saturated carbocycles. The molecule has 1 aromatic rings. The summed E-state index contributed by atoms with van der Waals surface area (Å²) in [6.07, 6.45) is 1.95. The van der Waals surface area contributed by atoms with E-state index < -0.39 is 0 Å². The highest BCUT2D eigenvalue weighted by Gasteiger charge is 2.00. The van der Waals surface area contributed by atoms with Gasteiger partial charge >= 0.3 is 0 Å². The Balaban J connectivity index is 0.00000484. The Morgan fingerprint density at radius 3 is 2.26 bits per heavy atom. The van der Waals surface area contributed by atoms with Crippen LogP contribution in [0.15, 0.2) is 29.3 Å². The van der Waals surface area contributed by atoms with E-state index >= 15 is 0 Å². The van der Waals surface area contributed by atoms with Crippen molar-refractivity contribution in [3.63, 3.8) is 0 Å². The normalized spacial score (nSPS) is 11.3. The van der Waals surface area contributed by atoms with E-state index in [0.29, 0.717) is 0 Å². The second kappa shape index (κ2) is 13.5. The number of halogens is 2. The first-order valence-corrected chi connectivity index (χ1v) is 8.10. The van der Waals surface area contributed by atoms with Gasteiger partial charge in [0.1, 0.15) is 5.82 Å². The van der Waals surface area contributed by atoms with Crippen LogP contribution in [0, 0.1) is 5.82 Å². The van der Waals surface area contributed by atoms with E-state index in [0.717, 1.165) is 57.1 Å². The lowest BCUT2D eigenvalue weighted by Crippen LogP contribution is -2.39. The molecule has 0 amide bonds. The minimum absolute atomic E-state index is 0. The largest absolute Gasteiger partial charge is 0.356 e. The van der Waals surface area contributed by atoms with Gasteiger partial charge in [-0.2, -0.15) is 0 Å². The smallest absolute Gasteiger partial charge is 0.190 e. The molecule has 23 heavy (non-hydrogen) atoms. The minimum atomic E-state index is -0.192. The lowest BCUT2D eigenvalue weighted by Gasteiger charge is -2.18. The van der Waals surface area contributed by atoms with Crippen molar-refractivity contribution in [1.82, 2.24) is 15.5 Å². The third kappa shape index (κ3) is 9.76. The Bertz CT molecular complexity index is 433. The topological polar surface area (TPSA) is 39.7 Å². The number of hydrogen-bond acceptors (Lipinski definition) is 2. The van der Waals surface area contributed by atoms with Gasteiger partial charge in [0, 0.05) is 20.1 Å². The van der Waals surface area contributed by atoms with Crippen LogP contribution in [0.1, 0.15) is 25.8 Å². The van der Waals surface area contributed by atoms with E-state index in [9.17, 15) is 4.39 Å². The molecule has 0 radical (unpaired) electrons. The quantitative estimate of drug-likeness (QED) is 0.271. The molecule has 1 aromatic carbocycles. The van der Waals surface area contributed by atoms with Crippen LogP contribution < -0.4 is 10.6 Å². The first kappa shape index (κ1) is 22.1. The van der Waals surface area contributed by atoms with Crippen LogP contribution in [-0.2, 0) is 6.42 Å². The molecule has 2 N–H and O–H groups in total. The zero-order valence-corrected chi connectivity index (χ0v) is 16.8. The summed E-state index contributed by atoms with van der Waals surface area (Å²) in [4.78, 5) is 6.62. The summed E-state index contributed by atoms with van der Waals surface area (Å²) in [6, 6.07) is 6.62. The Morgan fingerprint density at radius 2 is 1.70 bits per heavy atom. The standard InChI is InChI=1S/C17H29FN4.HI/c1-4-22(5-2)14-6-12-20-17(19-3)21-13-11-15-7-9-16(18)10-8-15;/h7-10H,4-6,11-14H2,1-3H3,(H2,19,20,21);1H. The van der Waals surface area contributed by atoms with Gasteiger partial charge in [-0.1, -0.05) is 26.0 Å². The fourth-order valence-corrected chi connectivity index (χ4v) is 2.25. The summed E-state index contributed by atoms with van der Waals surface area (Å²) in [6.45, 7) is 9.36. The minimum Gasteiger partial charge on any atom is -0.356 e. The summed E-state index contributed by atoms with van der Waals surface area (Å²) in [5, 5.41) is 6.60. The fraction of sp³-hybridized carbons (Fsp3) is 0.588. The lowest BCUT2D eigenvalue weighted by atomic mass is 10.1. The molecule has 0 aliphatic heterocycles. The second-order valence-electron chi connectivity index (χ2n) is 5.18. The Morgan fingerprint density at radius 1 is 1.09 bits per heavy atom. The molecule has 0 atom stereocenters. The molecule has 0 saturated heterocycles. The lowest BCUT2D eigenvalue weighted by molar-refractivity contribution is 0.300. The summed E-state index contributed by atoms with van der Waals surface area (Å²) < 4.78 is 12.8. The number of hydrogen-bond donors (Lipinski definition) is 2.